The van der Waals surface area contributed by atoms with Gasteiger partial charge in [0.05, 0.1) is 10.0 Å². The van der Waals surface area contributed by atoms with E-state index in [1.165, 1.54) is 0 Å². The molecule has 0 saturated heterocycles. The third-order valence-corrected chi connectivity index (χ3v) is 3.75. The van der Waals surface area contributed by atoms with Crippen molar-refractivity contribution in [3.63, 3.8) is 0 Å². The summed E-state index contributed by atoms with van der Waals surface area (Å²) in [5, 5.41) is 1.64. The largest absolute Gasteiger partial charge is 0.489 e. The summed E-state index contributed by atoms with van der Waals surface area (Å²) < 4.78 is 5.72. The molecule has 0 spiro atoms. The zero-order chi connectivity index (χ0) is 13.8. The van der Waals surface area contributed by atoms with Gasteiger partial charge in [0, 0.05) is 17.1 Å². The molecule has 2 rings (SSSR count). The second-order valence-corrected chi connectivity index (χ2v) is 5.18. The Morgan fingerprint density at radius 1 is 0.947 bits per heavy atom. The summed E-state index contributed by atoms with van der Waals surface area (Å²) in [7, 11) is 0. The first kappa shape index (κ1) is 14.5. The van der Waals surface area contributed by atoms with Crippen LogP contribution in [0.1, 0.15) is 11.1 Å². The minimum Gasteiger partial charge on any atom is -0.489 e. The minimum absolute atomic E-state index is 0.330. The molecule has 0 fully saturated rings. The first-order valence-electron chi connectivity index (χ1n) is 5.66. The van der Waals surface area contributed by atoms with Gasteiger partial charge in [0.1, 0.15) is 12.4 Å². The molecule has 0 aliphatic rings. The van der Waals surface area contributed by atoms with Gasteiger partial charge < -0.3 is 10.5 Å². The van der Waals surface area contributed by atoms with E-state index in [1.54, 1.807) is 18.2 Å². The summed E-state index contributed by atoms with van der Waals surface area (Å²) in [5.41, 5.74) is 7.39. The summed E-state index contributed by atoms with van der Waals surface area (Å²) >= 11 is 17.9. The molecule has 2 aromatic carbocycles. The molecule has 19 heavy (non-hydrogen) atoms. The molecule has 0 heterocycles. The van der Waals surface area contributed by atoms with Gasteiger partial charge in [-0.2, -0.15) is 0 Å². The van der Waals surface area contributed by atoms with Crippen LogP contribution in [0.3, 0.4) is 0 Å². The van der Waals surface area contributed by atoms with Crippen LogP contribution in [0.25, 0.3) is 0 Å². The van der Waals surface area contributed by atoms with Gasteiger partial charge in [0.15, 0.2) is 0 Å². The number of halogens is 3. The van der Waals surface area contributed by atoms with Gasteiger partial charge in [-0.15, -0.1) is 0 Å². The van der Waals surface area contributed by atoms with Crippen molar-refractivity contribution < 1.29 is 4.74 Å². The van der Waals surface area contributed by atoms with Gasteiger partial charge in [-0.25, -0.2) is 0 Å². The highest BCUT2D eigenvalue weighted by atomic mass is 35.5. The summed E-state index contributed by atoms with van der Waals surface area (Å²) in [6, 6.07) is 10.8. The number of benzene rings is 2. The summed E-state index contributed by atoms with van der Waals surface area (Å²) in [6.45, 7) is 0.709. The zero-order valence-electron chi connectivity index (χ0n) is 10.00. The second-order valence-electron chi connectivity index (χ2n) is 3.96. The monoisotopic (exact) mass is 315 g/mol. The van der Waals surface area contributed by atoms with Crippen molar-refractivity contribution in [1.82, 2.24) is 0 Å². The van der Waals surface area contributed by atoms with Crippen LogP contribution in [-0.2, 0) is 13.2 Å². The molecule has 0 bridgehead atoms. The van der Waals surface area contributed by atoms with Crippen LogP contribution < -0.4 is 10.5 Å². The van der Waals surface area contributed by atoms with Crippen molar-refractivity contribution in [2.24, 2.45) is 5.73 Å². The van der Waals surface area contributed by atoms with E-state index in [0.29, 0.717) is 34.0 Å². The van der Waals surface area contributed by atoms with E-state index in [4.69, 9.17) is 45.3 Å². The SMILES string of the molecule is NCc1c(Cl)cccc1OCc1ccc(Cl)c(Cl)c1. The van der Waals surface area contributed by atoms with E-state index in [2.05, 4.69) is 0 Å². The number of ether oxygens (including phenoxy) is 1. The zero-order valence-corrected chi connectivity index (χ0v) is 12.3. The molecule has 0 radical (unpaired) electrons. The van der Waals surface area contributed by atoms with Gasteiger partial charge in [-0.1, -0.05) is 46.9 Å². The highest BCUT2D eigenvalue weighted by Gasteiger charge is 2.07. The average Bonchev–Trinajstić information content (AvgIpc) is 2.40. The molecule has 0 aliphatic heterocycles. The highest BCUT2D eigenvalue weighted by Crippen LogP contribution is 2.27. The Kier molecular flexibility index (Phi) is 4.94. The van der Waals surface area contributed by atoms with E-state index in [1.807, 2.05) is 18.2 Å². The van der Waals surface area contributed by atoms with Crippen molar-refractivity contribution in [1.29, 1.82) is 0 Å². The maximum absolute atomic E-state index is 6.06. The number of nitrogens with two attached hydrogens (primary N) is 1. The molecule has 2 nitrogen and oxygen atoms in total. The van der Waals surface area contributed by atoms with E-state index in [-0.39, 0.29) is 0 Å². The number of rotatable bonds is 4. The number of hydrogen-bond acceptors (Lipinski definition) is 2. The Labute approximate surface area is 127 Å². The fourth-order valence-corrected chi connectivity index (χ4v) is 2.23. The molecular weight excluding hydrogens is 305 g/mol. The van der Waals surface area contributed by atoms with Crippen LogP contribution in [-0.4, -0.2) is 0 Å². The Hall–Kier alpha value is -0.930. The summed E-state index contributed by atoms with van der Waals surface area (Å²) in [6.07, 6.45) is 0. The first-order chi connectivity index (χ1) is 9.11. The van der Waals surface area contributed by atoms with E-state index >= 15 is 0 Å². The van der Waals surface area contributed by atoms with Crippen molar-refractivity contribution in [2.75, 3.05) is 0 Å². The van der Waals surface area contributed by atoms with Crippen molar-refractivity contribution in [3.8, 4) is 5.75 Å². The van der Waals surface area contributed by atoms with Gasteiger partial charge in [0.2, 0.25) is 0 Å². The average molecular weight is 317 g/mol. The lowest BCUT2D eigenvalue weighted by molar-refractivity contribution is 0.303. The molecule has 0 saturated carbocycles. The Bertz CT molecular complexity index is 587. The Morgan fingerprint density at radius 3 is 2.42 bits per heavy atom. The fourth-order valence-electron chi connectivity index (χ4n) is 1.66. The van der Waals surface area contributed by atoms with Gasteiger partial charge in [0.25, 0.3) is 0 Å². The number of hydrogen-bond donors (Lipinski definition) is 1. The third kappa shape index (κ3) is 3.54. The van der Waals surface area contributed by atoms with Crippen LogP contribution in [0.2, 0.25) is 15.1 Å². The smallest absolute Gasteiger partial charge is 0.125 e. The highest BCUT2D eigenvalue weighted by molar-refractivity contribution is 6.42. The predicted molar refractivity (Wildman–Crippen MR) is 80.1 cm³/mol. The lowest BCUT2D eigenvalue weighted by atomic mass is 10.2. The van der Waals surface area contributed by atoms with Gasteiger partial charge >= 0.3 is 0 Å². The summed E-state index contributed by atoms with van der Waals surface area (Å²) in [4.78, 5) is 0. The van der Waals surface area contributed by atoms with Crippen LogP contribution >= 0.6 is 34.8 Å². The molecule has 0 amide bonds. The van der Waals surface area contributed by atoms with Crippen LogP contribution in [0.4, 0.5) is 0 Å². The molecule has 0 aliphatic carbocycles. The molecule has 0 atom stereocenters. The molecule has 0 unspecified atom stereocenters. The first-order valence-corrected chi connectivity index (χ1v) is 6.79. The van der Waals surface area contributed by atoms with Crippen LogP contribution in [0, 0.1) is 0 Å². The van der Waals surface area contributed by atoms with Gasteiger partial charge in [-0.3, -0.25) is 0 Å². The predicted octanol–water partition coefficient (Wildman–Crippen LogP) is 4.68. The van der Waals surface area contributed by atoms with Gasteiger partial charge in [-0.05, 0) is 29.8 Å². The van der Waals surface area contributed by atoms with Crippen LogP contribution in [0.15, 0.2) is 36.4 Å². The molecular formula is C14H12Cl3NO. The topological polar surface area (TPSA) is 35.2 Å². The Morgan fingerprint density at radius 2 is 1.74 bits per heavy atom. The quantitative estimate of drug-likeness (QED) is 0.888. The molecule has 100 valence electrons. The standard InChI is InChI=1S/C14H12Cl3NO/c15-11-2-1-3-14(10(11)7-18)19-8-9-4-5-12(16)13(17)6-9/h1-6H,7-8,18H2. The maximum Gasteiger partial charge on any atom is 0.125 e. The maximum atomic E-state index is 6.06. The normalized spacial score (nSPS) is 10.5. The fraction of sp³-hybridized carbons (Fsp3) is 0.143. The van der Waals surface area contributed by atoms with Crippen molar-refractivity contribution in [3.05, 3.63) is 62.6 Å². The van der Waals surface area contributed by atoms with Crippen molar-refractivity contribution >= 4 is 34.8 Å². The lowest BCUT2D eigenvalue weighted by Gasteiger charge is -2.12. The second kappa shape index (κ2) is 6.49. The minimum atomic E-state index is 0.330. The van der Waals surface area contributed by atoms with Crippen LogP contribution in [0.5, 0.6) is 5.75 Å². The molecule has 2 N–H and O–H groups in total. The third-order valence-electron chi connectivity index (χ3n) is 2.66. The van der Waals surface area contributed by atoms with E-state index < -0.39 is 0 Å². The van der Waals surface area contributed by atoms with E-state index in [9.17, 15) is 0 Å². The van der Waals surface area contributed by atoms with Crippen molar-refractivity contribution in [2.45, 2.75) is 13.2 Å². The Balaban J connectivity index is 2.14. The van der Waals surface area contributed by atoms with E-state index in [0.717, 1.165) is 11.1 Å². The summed E-state index contributed by atoms with van der Waals surface area (Å²) in [5.74, 6) is 0.682. The molecule has 2 aromatic rings. The lowest BCUT2D eigenvalue weighted by Crippen LogP contribution is -2.03. The molecule has 0 aromatic heterocycles. The molecule has 5 heteroatoms.